The zero-order valence-electron chi connectivity index (χ0n) is 16.6. The Morgan fingerprint density at radius 1 is 0.926 bits per heavy atom. The van der Waals surface area contributed by atoms with Crippen molar-refractivity contribution in [1.82, 2.24) is 0 Å². The highest BCUT2D eigenvalue weighted by molar-refractivity contribution is 5.34. The fourth-order valence-corrected chi connectivity index (χ4v) is 4.99. The topological polar surface area (TPSA) is 0 Å². The number of benzene rings is 1. The van der Waals surface area contributed by atoms with E-state index in [1.165, 1.54) is 31.2 Å². The Morgan fingerprint density at radius 3 is 2.19 bits per heavy atom. The Labute approximate surface area is 163 Å². The number of alkyl halides is 2. The number of allylic oxidation sites excluding steroid dienone is 4. The van der Waals surface area contributed by atoms with Gasteiger partial charge in [-0.2, -0.15) is 0 Å². The Balaban J connectivity index is 1.71. The molecule has 0 aliphatic heterocycles. The van der Waals surface area contributed by atoms with Crippen molar-refractivity contribution in [2.75, 3.05) is 0 Å². The van der Waals surface area contributed by atoms with Gasteiger partial charge in [0, 0.05) is 17.3 Å². The predicted molar refractivity (Wildman–Crippen MR) is 110 cm³/mol. The standard InChI is InChI=1S/C25H34F2/c1-2-3-4-8-17-25(23-13-11-22(12-14-23)24(26)27)18-15-21(16-19-25)20-9-6-5-7-10-20/h5-7,9-10,15-16,18-19,21-24H,2-4,8,11-14,17H2,1H3/t21?,22-,23-,25?. The molecule has 0 saturated heterocycles. The lowest BCUT2D eigenvalue weighted by Crippen LogP contribution is -2.33. The van der Waals surface area contributed by atoms with Crippen LogP contribution >= 0.6 is 0 Å². The van der Waals surface area contributed by atoms with Crippen LogP contribution in [0.25, 0.3) is 0 Å². The van der Waals surface area contributed by atoms with Crippen LogP contribution in [0, 0.1) is 17.3 Å². The maximum Gasteiger partial charge on any atom is 0.241 e. The monoisotopic (exact) mass is 372 g/mol. The van der Waals surface area contributed by atoms with Crippen LogP contribution in [0.3, 0.4) is 0 Å². The van der Waals surface area contributed by atoms with Crippen LogP contribution in [0.1, 0.15) is 76.2 Å². The smallest absolute Gasteiger partial charge is 0.210 e. The van der Waals surface area contributed by atoms with Gasteiger partial charge in [0.15, 0.2) is 0 Å². The SMILES string of the molecule is CCCCCCC1([C@H]2CC[C@H](C(F)F)CC2)C=CC(c2ccccc2)C=C1. The molecule has 0 amide bonds. The van der Waals surface area contributed by atoms with E-state index in [1.54, 1.807) is 0 Å². The Kier molecular flexibility index (Phi) is 7.26. The van der Waals surface area contributed by atoms with Crippen LogP contribution in [0.5, 0.6) is 0 Å². The molecule has 0 nitrogen and oxygen atoms in total. The van der Waals surface area contributed by atoms with E-state index in [2.05, 4.69) is 61.6 Å². The average Bonchev–Trinajstić information content (AvgIpc) is 2.72. The van der Waals surface area contributed by atoms with Gasteiger partial charge in [-0.15, -0.1) is 0 Å². The minimum absolute atomic E-state index is 0.0755. The van der Waals surface area contributed by atoms with Gasteiger partial charge in [-0.3, -0.25) is 0 Å². The van der Waals surface area contributed by atoms with Gasteiger partial charge < -0.3 is 0 Å². The molecule has 0 bridgehead atoms. The Hall–Kier alpha value is -1.44. The number of unbranched alkanes of at least 4 members (excludes halogenated alkanes) is 3. The molecule has 2 heteroatoms. The van der Waals surface area contributed by atoms with Crippen LogP contribution in [-0.2, 0) is 0 Å². The highest BCUT2D eigenvalue weighted by Crippen LogP contribution is 2.49. The van der Waals surface area contributed by atoms with E-state index in [0.717, 1.165) is 19.3 Å². The van der Waals surface area contributed by atoms with Crippen molar-refractivity contribution in [1.29, 1.82) is 0 Å². The summed E-state index contributed by atoms with van der Waals surface area (Å²) in [5.74, 6) is 0.470. The largest absolute Gasteiger partial charge is 0.241 e. The van der Waals surface area contributed by atoms with Crippen LogP contribution in [0.4, 0.5) is 8.78 Å². The second-order valence-corrected chi connectivity index (χ2v) is 8.52. The molecule has 1 aromatic carbocycles. The number of hydrogen-bond acceptors (Lipinski definition) is 0. The molecule has 148 valence electrons. The number of hydrogen-bond donors (Lipinski definition) is 0. The van der Waals surface area contributed by atoms with E-state index < -0.39 is 6.43 Å². The lowest BCUT2D eigenvalue weighted by atomic mass is 9.62. The molecule has 2 aliphatic carbocycles. The van der Waals surface area contributed by atoms with Crippen molar-refractivity contribution in [2.45, 2.75) is 77.1 Å². The molecule has 0 radical (unpaired) electrons. The fourth-order valence-electron chi connectivity index (χ4n) is 4.99. The van der Waals surface area contributed by atoms with Crippen molar-refractivity contribution in [3.63, 3.8) is 0 Å². The van der Waals surface area contributed by atoms with Crippen LogP contribution < -0.4 is 0 Å². The van der Waals surface area contributed by atoms with E-state index in [1.807, 2.05) is 0 Å². The van der Waals surface area contributed by atoms with Crippen molar-refractivity contribution >= 4 is 0 Å². The molecule has 0 unspecified atom stereocenters. The summed E-state index contributed by atoms with van der Waals surface area (Å²) in [6.07, 6.45) is 16.9. The van der Waals surface area contributed by atoms with Gasteiger partial charge in [-0.1, -0.05) is 87.2 Å². The molecule has 2 aliphatic rings. The van der Waals surface area contributed by atoms with Crippen molar-refractivity contribution in [2.24, 2.45) is 17.3 Å². The third-order valence-electron chi connectivity index (χ3n) is 6.76. The van der Waals surface area contributed by atoms with E-state index >= 15 is 0 Å². The molecule has 0 heterocycles. The summed E-state index contributed by atoms with van der Waals surface area (Å²) in [5.41, 5.74) is 1.40. The fraction of sp³-hybridized carbons (Fsp3) is 0.600. The highest BCUT2D eigenvalue weighted by atomic mass is 19.3. The normalized spacial score (nSPS) is 30.7. The van der Waals surface area contributed by atoms with Gasteiger partial charge >= 0.3 is 0 Å². The minimum Gasteiger partial charge on any atom is -0.210 e. The molecule has 1 saturated carbocycles. The second kappa shape index (κ2) is 9.66. The van der Waals surface area contributed by atoms with E-state index in [9.17, 15) is 8.78 Å². The van der Waals surface area contributed by atoms with Gasteiger partial charge in [-0.05, 0) is 43.6 Å². The first-order valence-corrected chi connectivity index (χ1v) is 10.9. The third-order valence-corrected chi connectivity index (χ3v) is 6.76. The lowest BCUT2D eigenvalue weighted by Gasteiger charge is -2.42. The molecule has 1 fully saturated rings. The molecule has 0 atom stereocenters. The summed E-state index contributed by atoms with van der Waals surface area (Å²) in [4.78, 5) is 0. The second-order valence-electron chi connectivity index (χ2n) is 8.52. The van der Waals surface area contributed by atoms with Gasteiger partial charge in [0.05, 0.1) is 0 Å². The molecular weight excluding hydrogens is 338 g/mol. The summed E-state index contributed by atoms with van der Waals surface area (Å²) >= 11 is 0. The first kappa shape index (κ1) is 20.3. The average molecular weight is 373 g/mol. The molecular formula is C25H34F2. The minimum atomic E-state index is -2.15. The number of rotatable bonds is 8. The van der Waals surface area contributed by atoms with Gasteiger partial charge in [0.1, 0.15) is 0 Å². The molecule has 0 spiro atoms. The summed E-state index contributed by atoms with van der Waals surface area (Å²) in [6.45, 7) is 2.24. The summed E-state index contributed by atoms with van der Waals surface area (Å²) in [7, 11) is 0. The first-order valence-electron chi connectivity index (χ1n) is 10.9. The highest BCUT2D eigenvalue weighted by Gasteiger charge is 2.39. The maximum atomic E-state index is 13.1. The first-order chi connectivity index (χ1) is 13.1. The maximum absolute atomic E-state index is 13.1. The van der Waals surface area contributed by atoms with Gasteiger partial charge in [-0.25, -0.2) is 8.78 Å². The molecule has 0 aromatic heterocycles. The zero-order chi connectivity index (χ0) is 19.1. The Morgan fingerprint density at radius 2 is 1.59 bits per heavy atom. The summed E-state index contributed by atoms with van der Waals surface area (Å²) < 4.78 is 26.2. The predicted octanol–water partition coefficient (Wildman–Crippen LogP) is 7.92. The van der Waals surface area contributed by atoms with E-state index in [-0.39, 0.29) is 11.3 Å². The Bertz CT molecular complexity index is 594. The van der Waals surface area contributed by atoms with Crippen LogP contribution in [0.2, 0.25) is 0 Å². The third kappa shape index (κ3) is 5.09. The van der Waals surface area contributed by atoms with E-state index in [4.69, 9.17) is 0 Å². The van der Waals surface area contributed by atoms with Gasteiger partial charge in [0.2, 0.25) is 6.43 Å². The molecule has 3 rings (SSSR count). The van der Waals surface area contributed by atoms with Crippen LogP contribution in [0.15, 0.2) is 54.6 Å². The van der Waals surface area contributed by atoms with Crippen molar-refractivity contribution < 1.29 is 8.78 Å². The lowest BCUT2D eigenvalue weighted by molar-refractivity contribution is 0.0344. The van der Waals surface area contributed by atoms with Crippen LogP contribution in [-0.4, -0.2) is 6.43 Å². The quantitative estimate of drug-likeness (QED) is 0.321. The molecule has 1 aromatic rings. The molecule has 0 N–H and O–H groups in total. The van der Waals surface area contributed by atoms with Crippen molar-refractivity contribution in [3.05, 3.63) is 60.2 Å². The molecule has 27 heavy (non-hydrogen) atoms. The number of halogens is 2. The van der Waals surface area contributed by atoms with Crippen molar-refractivity contribution in [3.8, 4) is 0 Å². The summed E-state index contributed by atoms with van der Waals surface area (Å²) in [5, 5.41) is 0. The zero-order valence-corrected chi connectivity index (χ0v) is 16.6. The van der Waals surface area contributed by atoms with Gasteiger partial charge in [0.25, 0.3) is 0 Å². The summed E-state index contributed by atoms with van der Waals surface area (Å²) in [6, 6.07) is 10.6. The van der Waals surface area contributed by atoms with E-state index in [0.29, 0.717) is 24.7 Å².